The molecule has 3 atom stereocenters. The Kier molecular flexibility index (Phi) is 47.6. The van der Waals surface area contributed by atoms with E-state index in [1.54, 1.807) is 0 Å². The van der Waals surface area contributed by atoms with Crippen LogP contribution in [-0.4, -0.2) is 64.9 Å². The van der Waals surface area contributed by atoms with Crippen LogP contribution in [0, 0.1) is 0 Å². The maximum Gasteiger partial charge on any atom is 0.472 e. The van der Waals surface area contributed by atoms with Gasteiger partial charge in [0, 0.05) is 12.8 Å². The molecule has 0 aliphatic heterocycles. The van der Waals surface area contributed by atoms with Crippen LogP contribution in [0.5, 0.6) is 0 Å². The number of aliphatic hydroxyl groups excluding tert-OH is 1. The quantitative estimate of drug-likeness (QED) is 0.0199. The molecule has 3 unspecified atom stereocenters. The third-order valence-corrected chi connectivity index (χ3v) is 12.1. The number of allylic oxidation sites excluding steroid dienone is 14. The van der Waals surface area contributed by atoms with Crippen LogP contribution in [0.15, 0.2) is 85.1 Å². The molecule has 0 aliphatic rings. The maximum atomic E-state index is 12.4. The van der Waals surface area contributed by atoms with Crippen molar-refractivity contribution >= 4 is 25.7 Å². The number of phosphoric acid groups is 1. The second-order valence-corrected chi connectivity index (χ2v) is 19.1. The first-order valence-corrected chi connectivity index (χ1v) is 28.1. The number of carbonyl (C=O) groups is 3. The first-order chi connectivity index (χ1) is 33.1. The molecule has 0 aromatic rings. The van der Waals surface area contributed by atoms with Gasteiger partial charge in [-0.2, -0.15) is 0 Å². The Morgan fingerprint density at radius 2 is 0.853 bits per heavy atom. The first-order valence-electron chi connectivity index (χ1n) is 26.6. The summed E-state index contributed by atoms with van der Waals surface area (Å²) in [4.78, 5) is 46.2. The lowest BCUT2D eigenvalue weighted by Gasteiger charge is -2.18. The fourth-order valence-corrected chi connectivity index (χ4v) is 7.85. The number of esters is 1. The van der Waals surface area contributed by atoms with Crippen LogP contribution in [0.25, 0.3) is 0 Å². The number of unbranched alkanes of at least 4 members (excludes halogenated alkanes) is 21. The summed E-state index contributed by atoms with van der Waals surface area (Å²) in [6.07, 6.45) is 63.2. The van der Waals surface area contributed by atoms with Gasteiger partial charge in [0.15, 0.2) is 6.04 Å². The molecule has 0 aromatic heterocycles. The average Bonchev–Trinajstić information content (AvgIpc) is 3.32. The van der Waals surface area contributed by atoms with Gasteiger partial charge >= 0.3 is 19.8 Å². The number of amides is 1. The Labute approximate surface area is 413 Å². The second-order valence-electron chi connectivity index (χ2n) is 17.7. The summed E-state index contributed by atoms with van der Waals surface area (Å²) in [6.45, 7) is 2.48. The molecule has 1 amide bonds. The number of nitrogens with one attached hydrogen (secondary N) is 1. The summed E-state index contributed by atoms with van der Waals surface area (Å²) >= 11 is 0. The summed E-state index contributed by atoms with van der Waals surface area (Å²) in [5.41, 5.74) is 0. The summed E-state index contributed by atoms with van der Waals surface area (Å²) in [5.74, 6) is -2.41. The number of phosphoric ester groups is 1. The number of carboxylic acid groups (broad SMARTS) is 1. The van der Waals surface area contributed by atoms with Crippen LogP contribution >= 0.6 is 7.82 Å². The van der Waals surface area contributed by atoms with Crippen molar-refractivity contribution < 1.29 is 47.8 Å². The van der Waals surface area contributed by atoms with E-state index in [1.807, 2.05) is 0 Å². The topological polar surface area (TPSA) is 169 Å². The lowest BCUT2D eigenvalue weighted by atomic mass is 10.0. The van der Waals surface area contributed by atoms with E-state index in [-0.39, 0.29) is 12.8 Å². The van der Waals surface area contributed by atoms with Crippen LogP contribution in [0.4, 0.5) is 0 Å². The fourth-order valence-electron chi connectivity index (χ4n) is 7.08. The maximum absolute atomic E-state index is 12.4. The Hall–Kier alpha value is -3.34. The number of ether oxygens (including phenoxy) is 1. The minimum Gasteiger partial charge on any atom is -0.480 e. The highest BCUT2D eigenvalue weighted by atomic mass is 31.2. The van der Waals surface area contributed by atoms with Gasteiger partial charge in [-0.25, -0.2) is 9.36 Å². The molecule has 0 saturated heterocycles. The van der Waals surface area contributed by atoms with Crippen LogP contribution in [0.2, 0.25) is 0 Å². The smallest absolute Gasteiger partial charge is 0.472 e. The molecule has 0 rings (SSSR count). The van der Waals surface area contributed by atoms with Gasteiger partial charge in [-0.15, -0.1) is 0 Å². The van der Waals surface area contributed by atoms with Crippen LogP contribution < -0.4 is 5.32 Å². The van der Waals surface area contributed by atoms with E-state index in [0.717, 1.165) is 83.5 Å². The number of carbonyl (C=O) groups excluding carboxylic acids is 2. The van der Waals surface area contributed by atoms with Crippen molar-refractivity contribution in [1.82, 2.24) is 5.32 Å². The number of hydrogen-bond donors (Lipinski definition) is 4. The monoisotopic (exact) mass is 974 g/mol. The van der Waals surface area contributed by atoms with E-state index in [4.69, 9.17) is 13.8 Å². The molecular weight excluding hydrogens is 878 g/mol. The summed E-state index contributed by atoms with van der Waals surface area (Å²) in [5, 5.41) is 21.9. The van der Waals surface area contributed by atoms with Gasteiger partial charge in [0.05, 0.1) is 13.2 Å². The van der Waals surface area contributed by atoms with Crippen molar-refractivity contribution in [2.24, 2.45) is 0 Å². The number of carboxylic acids is 1. The van der Waals surface area contributed by atoms with E-state index in [2.05, 4.69) is 104 Å². The standard InChI is InChI=1S/C56H96NO10P/c1-3-5-7-9-11-13-15-17-19-21-23-25-26-28-29-31-33-35-37-39-41-43-45-47-54(59)57-53(56(61)62)51-67-68(63,64)66-50-52(58)49-65-55(60)48-46-44-42-40-38-36-34-32-30-27-24-22-20-18-16-14-12-10-8-6-4-2/h5,7,11,13,17-20,23,25,28-29,33,35,52-53,58H,3-4,6,8-10,12,14-16,21-22,24,26-27,30-32,34,36-51H2,1-2H3,(H,57,59)(H,61,62)(H,63,64)/b7-5-,13-11-,19-17-,20-18+,25-23-,29-28-,35-33-. The van der Waals surface area contributed by atoms with Crippen molar-refractivity contribution in [3.63, 3.8) is 0 Å². The Bertz CT molecular complexity index is 1470. The predicted molar refractivity (Wildman–Crippen MR) is 281 cm³/mol. The minimum absolute atomic E-state index is 0.111. The van der Waals surface area contributed by atoms with Gasteiger partial charge in [0.25, 0.3) is 0 Å². The molecule has 390 valence electrons. The van der Waals surface area contributed by atoms with Gasteiger partial charge in [-0.3, -0.25) is 18.6 Å². The van der Waals surface area contributed by atoms with Gasteiger partial charge in [0.2, 0.25) is 5.91 Å². The number of aliphatic hydroxyl groups is 1. The molecule has 0 fully saturated rings. The largest absolute Gasteiger partial charge is 0.480 e. The van der Waals surface area contributed by atoms with Gasteiger partial charge in [0.1, 0.15) is 12.7 Å². The number of rotatable bonds is 49. The summed E-state index contributed by atoms with van der Waals surface area (Å²) in [7, 11) is -4.78. The Morgan fingerprint density at radius 1 is 0.485 bits per heavy atom. The zero-order chi connectivity index (χ0) is 49.9. The molecule has 0 saturated carbocycles. The minimum atomic E-state index is -4.78. The highest BCUT2D eigenvalue weighted by Crippen LogP contribution is 2.43. The molecule has 0 aromatic carbocycles. The van der Waals surface area contributed by atoms with Gasteiger partial charge < -0.3 is 25.2 Å². The van der Waals surface area contributed by atoms with E-state index < -0.39 is 57.6 Å². The zero-order valence-corrected chi connectivity index (χ0v) is 43.5. The Balaban J connectivity index is 3.88. The molecule has 0 spiro atoms. The molecule has 0 bridgehead atoms. The number of aliphatic carboxylic acids is 1. The fraction of sp³-hybridized carbons (Fsp3) is 0.696. The molecule has 4 N–H and O–H groups in total. The average molecular weight is 974 g/mol. The highest BCUT2D eigenvalue weighted by Gasteiger charge is 2.28. The zero-order valence-electron chi connectivity index (χ0n) is 42.6. The molecule has 68 heavy (non-hydrogen) atoms. The van der Waals surface area contributed by atoms with Crippen LogP contribution in [0.3, 0.4) is 0 Å². The number of hydrogen-bond acceptors (Lipinski definition) is 8. The van der Waals surface area contributed by atoms with E-state index >= 15 is 0 Å². The van der Waals surface area contributed by atoms with Crippen molar-refractivity contribution in [1.29, 1.82) is 0 Å². The van der Waals surface area contributed by atoms with Gasteiger partial charge in [-0.1, -0.05) is 202 Å². The van der Waals surface area contributed by atoms with Crippen molar-refractivity contribution in [2.75, 3.05) is 19.8 Å². The van der Waals surface area contributed by atoms with Gasteiger partial charge in [-0.05, 0) is 89.9 Å². The second kappa shape index (κ2) is 50.1. The summed E-state index contributed by atoms with van der Waals surface area (Å²) in [6, 6.07) is -1.57. The molecule has 0 aliphatic carbocycles. The van der Waals surface area contributed by atoms with E-state index in [1.165, 1.54) is 96.3 Å². The molecule has 0 radical (unpaired) electrons. The third-order valence-electron chi connectivity index (χ3n) is 11.2. The predicted octanol–water partition coefficient (Wildman–Crippen LogP) is 15.0. The lowest BCUT2D eigenvalue weighted by Crippen LogP contribution is -2.43. The van der Waals surface area contributed by atoms with Crippen LogP contribution in [0.1, 0.15) is 219 Å². The van der Waals surface area contributed by atoms with Crippen LogP contribution in [-0.2, 0) is 32.7 Å². The van der Waals surface area contributed by atoms with E-state index in [0.29, 0.717) is 12.8 Å². The Morgan fingerprint density at radius 3 is 1.29 bits per heavy atom. The molecular formula is C56H96NO10P. The van der Waals surface area contributed by atoms with E-state index in [9.17, 15) is 34.1 Å². The van der Waals surface area contributed by atoms with Crippen molar-refractivity contribution in [3.8, 4) is 0 Å². The summed E-state index contributed by atoms with van der Waals surface area (Å²) < 4.78 is 27.0. The first kappa shape index (κ1) is 64.7. The van der Waals surface area contributed by atoms with Crippen molar-refractivity contribution in [3.05, 3.63) is 85.1 Å². The lowest BCUT2D eigenvalue weighted by molar-refractivity contribution is -0.147. The molecule has 12 heteroatoms. The van der Waals surface area contributed by atoms with Crippen molar-refractivity contribution in [2.45, 2.75) is 231 Å². The third kappa shape index (κ3) is 49.1. The molecule has 11 nitrogen and oxygen atoms in total. The SMILES string of the molecule is CC/C=C\C/C=C\C/C=C\C/C=C\C/C=C\C/C=C\CCCCCCC(=O)NC(COP(=O)(O)OCC(O)COC(=O)CCCCCCCCCCCCC/C=C/CCCCCCCC)C(=O)O. The molecule has 0 heterocycles. The normalized spacial score (nSPS) is 14.2. The highest BCUT2D eigenvalue weighted by molar-refractivity contribution is 7.47.